The summed E-state index contributed by atoms with van der Waals surface area (Å²) >= 11 is 0. The third-order valence-corrected chi connectivity index (χ3v) is 16.2. The quantitative estimate of drug-likeness (QED) is 0.0522. The maximum atomic E-state index is 9.89. The van der Waals surface area contributed by atoms with Crippen LogP contribution in [-0.2, 0) is 14.2 Å². The summed E-state index contributed by atoms with van der Waals surface area (Å²) in [6.45, 7) is 17.8. The molecule has 3 N–H and O–H groups in total. The molecule has 9 atom stereocenters. The predicted octanol–water partition coefficient (Wildman–Crippen LogP) is 14.1. The van der Waals surface area contributed by atoms with Gasteiger partial charge in [0.2, 0.25) is 0 Å². The summed E-state index contributed by atoms with van der Waals surface area (Å²) in [5, 5.41) is 9.89. The number of hydrogen-bond acceptors (Lipinski definition) is 5. The van der Waals surface area contributed by atoms with Crippen LogP contribution in [0.15, 0.2) is 36.0 Å². The van der Waals surface area contributed by atoms with E-state index in [0.29, 0.717) is 43.4 Å². The molecule has 4 aliphatic carbocycles. The first-order chi connectivity index (χ1) is 28.6. The van der Waals surface area contributed by atoms with Crippen molar-refractivity contribution in [2.24, 2.45) is 52.1 Å². The fourth-order valence-corrected chi connectivity index (χ4v) is 12.5. The SMILES string of the molecule is C/C=C\C/C=C\CCCCCCCCOCC(N)(CO)COCCCCCCCCCO[C@H]1CC[C@@]2(C)C(=CCC3C4CCC(C(C)CCCC(C)C)[C@@]4(C)CCC32)C1. The molecule has 6 unspecified atom stereocenters. The minimum atomic E-state index is -0.807. The topological polar surface area (TPSA) is 73.9 Å². The zero-order valence-corrected chi connectivity index (χ0v) is 39.8. The zero-order chi connectivity index (χ0) is 42.4. The Morgan fingerprint density at radius 1 is 0.746 bits per heavy atom. The maximum absolute atomic E-state index is 9.89. The van der Waals surface area contributed by atoms with Crippen molar-refractivity contribution in [3.63, 3.8) is 0 Å². The van der Waals surface area contributed by atoms with E-state index in [1.165, 1.54) is 148 Å². The van der Waals surface area contributed by atoms with Crippen molar-refractivity contribution in [3.8, 4) is 0 Å². The lowest BCUT2D eigenvalue weighted by Crippen LogP contribution is -2.52. The number of ether oxygens (including phenoxy) is 3. The van der Waals surface area contributed by atoms with Crippen LogP contribution in [0.25, 0.3) is 0 Å². The fourth-order valence-electron chi connectivity index (χ4n) is 12.5. The molecule has 5 nitrogen and oxygen atoms in total. The lowest BCUT2D eigenvalue weighted by Gasteiger charge is -2.58. The second kappa shape index (κ2) is 27.3. The summed E-state index contributed by atoms with van der Waals surface area (Å²) in [5.74, 6) is 5.44. The van der Waals surface area contributed by atoms with Gasteiger partial charge in [0.1, 0.15) is 0 Å². The standard InChI is InChI=1S/C54H97NO4/c1-7-8-9-10-11-12-13-14-15-17-20-23-37-57-42-54(55,41-56)43-58-38-24-21-18-16-19-22-25-39-59-47-33-35-52(5)46(40-47)29-30-48-50-32-31-49(45(4)28-26-27-44(2)3)53(50,6)36-34-51(48)52/h7-8,10-11,29,44-45,47-51,56H,9,12-28,30-43,55H2,1-6H3/b8-7-,11-10-/t45?,47-,48?,49?,50?,51?,52-,53+,54?/m0/s1. The van der Waals surface area contributed by atoms with Crippen molar-refractivity contribution in [2.45, 2.75) is 220 Å². The molecule has 0 aromatic heterocycles. The molecule has 4 aliphatic rings. The van der Waals surface area contributed by atoms with Crippen molar-refractivity contribution < 1.29 is 19.3 Å². The number of allylic oxidation sites excluding steroid dienone is 5. The van der Waals surface area contributed by atoms with Gasteiger partial charge in [-0.15, -0.1) is 0 Å². The van der Waals surface area contributed by atoms with Crippen LogP contribution in [0.3, 0.4) is 0 Å². The molecule has 5 heteroatoms. The summed E-state index contributed by atoms with van der Waals surface area (Å²) in [4.78, 5) is 0. The van der Waals surface area contributed by atoms with Crippen LogP contribution in [0.1, 0.15) is 208 Å². The molecule has 4 rings (SSSR count). The molecule has 0 aromatic carbocycles. The van der Waals surface area contributed by atoms with Crippen LogP contribution in [-0.4, -0.2) is 56.4 Å². The molecule has 0 saturated heterocycles. The van der Waals surface area contributed by atoms with Gasteiger partial charge in [-0.3, -0.25) is 0 Å². The number of hydrogen-bond donors (Lipinski definition) is 2. The number of aliphatic hydroxyl groups excluding tert-OH is 1. The number of fused-ring (bicyclic) bond motifs is 5. The van der Waals surface area contributed by atoms with Crippen molar-refractivity contribution >= 4 is 0 Å². The Balaban J connectivity index is 0.976. The van der Waals surface area contributed by atoms with Crippen LogP contribution in [0, 0.1) is 46.3 Å². The van der Waals surface area contributed by atoms with Crippen molar-refractivity contribution in [1.82, 2.24) is 0 Å². The Bertz CT molecular complexity index is 1210. The summed E-state index contributed by atoms with van der Waals surface area (Å²) in [5.41, 5.74) is 8.35. The molecule has 0 radical (unpaired) electrons. The average Bonchev–Trinajstić information content (AvgIpc) is 3.58. The highest BCUT2D eigenvalue weighted by atomic mass is 16.5. The molecule has 0 spiro atoms. The molecule has 3 fully saturated rings. The Kier molecular flexibility index (Phi) is 23.4. The minimum Gasteiger partial charge on any atom is -0.394 e. The van der Waals surface area contributed by atoms with E-state index in [2.05, 4.69) is 71.9 Å². The summed E-state index contributed by atoms with van der Waals surface area (Å²) in [6, 6.07) is 0. The first-order valence-electron chi connectivity index (χ1n) is 25.7. The number of rotatable bonds is 32. The van der Waals surface area contributed by atoms with Crippen LogP contribution in [0.4, 0.5) is 0 Å². The molecule has 342 valence electrons. The Hall–Kier alpha value is -0.980. The van der Waals surface area contributed by atoms with E-state index in [1.54, 1.807) is 5.57 Å². The summed E-state index contributed by atoms with van der Waals surface area (Å²) < 4.78 is 18.3. The van der Waals surface area contributed by atoms with E-state index in [0.717, 1.165) is 61.4 Å². The first-order valence-corrected chi connectivity index (χ1v) is 25.7. The second-order valence-corrected chi connectivity index (χ2v) is 21.3. The van der Waals surface area contributed by atoms with Crippen LogP contribution < -0.4 is 5.73 Å². The number of unbranched alkanes of at least 4 members (excludes halogenated alkanes) is 12. The highest BCUT2D eigenvalue weighted by Gasteiger charge is 2.59. The zero-order valence-electron chi connectivity index (χ0n) is 39.8. The number of aliphatic hydroxyl groups is 1. The van der Waals surface area contributed by atoms with Crippen molar-refractivity contribution in [1.29, 1.82) is 0 Å². The molecule has 0 amide bonds. The summed E-state index contributed by atoms with van der Waals surface area (Å²) in [7, 11) is 0. The van der Waals surface area contributed by atoms with Gasteiger partial charge in [0, 0.05) is 19.8 Å². The van der Waals surface area contributed by atoms with Crippen molar-refractivity contribution in [2.75, 3.05) is 39.6 Å². The highest BCUT2D eigenvalue weighted by Crippen LogP contribution is 2.67. The Morgan fingerprint density at radius 3 is 2.03 bits per heavy atom. The van der Waals surface area contributed by atoms with Gasteiger partial charge in [-0.1, -0.05) is 148 Å². The molecular formula is C54H97NO4. The van der Waals surface area contributed by atoms with Gasteiger partial charge >= 0.3 is 0 Å². The molecule has 0 aliphatic heterocycles. The Morgan fingerprint density at radius 2 is 1.39 bits per heavy atom. The van der Waals surface area contributed by atoms with Crippen LogP contribution >= 0.6 is 0 Å². The van der Waals surface area contributed by atoms with E-state index < -0.39 is 5.54 Å². The second-order valence-electron chi connectivity index (χ2n) is 21.3. The fraction of sp³-hybridized carbons (Fsp3) is 0.889. The molecule has 0 aromatic rings. The van der Waals surface area contributed by atoms with E-state index in [-0.39, 0.29) is 6.61 Å². The Labute approximate surface area is 365 Å². The smallest absolute Gasteiger partial charge is 0.0862 e. The average molecular weight is 824 g/mol. The van der Waals surface area contributed by atoms with Gasteiger partial charge in [-0.25, -0.2) is 0 Å². The van der Waals surface area contributed by atoms with E-state index in [1.807, 2.05) is 0 Å². The van der Waals surface area contributed by atoms with Gasteiger partial charge < -0.3 is 25.1 Å². The normalized spacial score (nSPS) is 29.8. The van der Waals surface area contributed by atoms with Gasteiger partial charge in [0.15, 0.2) is 0 Å². The lowest BCUT2D eigenvalue weighted by molar-refractivity contribution is -0.0641. The van der Waals surface area contributed by atoms with Gasteiger partial charge in [-0.2, -0.15) is 0 Å². The third kappa shape index (κ3) is 16.3. The molecule has 0 heterocycles. The molecule has 0 bridgehead atoms. The largest absolute Gasteiger partial charge is 0.394 e. The minimum absolute atomic E-state index is 0.114. The lowest BCUT2D eigenvalue weighted by atomic mass is 9.47. The van der Waals surface area contributed by atoms with Gasteiger partial charge in [0.05, 0.1) is 31.5 Å². The number of nitrogens with two attached hydrogens (primary N) is 1. The van der Waals surface area contributed by atoms with Gasteiger partial charge in [-0.05, 0) is 143 Å². The molecule has 3 saturated carbocycles. The van der Waals surface area contributed by atoms with Crippen LogP contribution in [0.2, 0.25) is 0 Å². The molecular weight excluding hydrogens is 727 g/mol. The predicted molar refractivity (Wildman–Crippen MR) is 252 cm³/mol. The van der Waals surface area contributed by atoms with E-state index in [9.17, 15) is 5.11 Å². The van der Waals surface area contributed by atoms with Crippen molar-refractivity contribution in [3.05, 3.63) is 36.0 Å². The molecule has 59 heavy (non-hydrogen) atoms. The van der Waals surface area contributed by atoms with E-state index in [4.69, 9.17) is 19.9 Å². The monoisotopic (exact) mass is 824 g/mol. The third-order valence-electron chi connectivity index (χ3n) is 16.2. The first kappa shape index (κ1) is 50.7. The summed E-state index contributed by atoms with van der Waals surface area (Å²) in [6.07, 6.45) is 45.5. The van der Waals surface area contributed by atoms with E-state index >= 15 is 0 Å². The van der Waals surface area contributed by atoms with Crippen LogP contribution in [0.5, 0.6) is 0 Å². The van der Waals surface area contributed by atoms with Gasteiger partial charge in [0.25, 0.3) is 0 Å². The maximum Gasteiger partial charge on any atom is 0.0862 e. The highest BCUT2D eigenvalue weighted by molar-refractivity contribution is 5.25.